The molecule has 0 spiro atoms. The van der Waals surface area contributed by atoms with Crippen LogP contribution in [0.2, 0.25) is 0 Å². The second-order valence-corrected chi connectivity index (χ2v) is 5.95. The Kier molecular flexibility index (Phi) is 2.67. The molecule has 4 heteroatoms. The van der Waals surface area contributed by atoms with Crippen LogP contribution in [0.1, 0.15) is 5.69 Å². The van der Waals surface area contributed by atoms with Crippen LogP contribution in [0, 0.1) is 6.92 Å². The lowest BCUT2D eigenvalue weighted by atomic mass is 10.1. The van der Waals surface area contributed by atoms with Crippen molar-refractivity contribution in [2.24, 2.45) is 0 Å². The van der Waals surface area contributed by atoms with E-state index in [2.05, 4.69) is 46.6 Å². The molecule has 114 valence electrons. The van der Waals surface area contributed by atoms with Crippen LogP contribution in [-0.2, 0) is 0 Å². The van der Waals surface area contributed by atoms with Crippen LogP contribution < -0.4 is 0 Å². The lowest BCUT2D eigenvalue weighted by molar-refractivity contribution is 0.927. The van der Waals surface area contributed by atoms with Crippen molar-refractivity contribution < 1.29 is 0 Å². The van der Waals surface area contributed by atoms with E-state index in [0.717, 1.165) is 38.9 Å². The molecule has 0 aliphatic carbocycles. The van der Waals surface area contributed by atoms with E-state index < -0.39 is 0 Å². The van der Waals surface area contributed by atoms with Crippen molar-refractivity contribution in [2.75, 3.05) is 0 Å². The summed E-state index contributed by atoms with van der Waals surface area (Å²) < 4.78 is 1.91. The topological polar surface area (TPSA) is 43.1 Å². The van der Waals surface area contributed by atoms with E-state index >= 15 is 0 Å². The van der Waals surface area contributed by atoms with E-state index in [1.165, 1.54) is 5.39 Å². The van der Waals surface area contributed by atoms with Gasteiger partial charge in [-0.2, -0.15) is 5.10 Å². The van der Waals surface area contributed by atoms with E-state index in [0.29, 0.717) is 0 Å². The number of aromatic nitrogens is 4. The van der Waals surface area contributed by atoms with Gasteiger partial charge in [-0.3, -0.25) is 0 Å². The molecule has 5 rings (SSSR count). The van der Waals surface area contributed by atoms with Gasteiger partial charge in [0.1, 0.15) is 5.52 Å². The van der Waals surface area contributed by atoms with Gasteiger partial charge in [-0.1, -0.05) is 54.6 Å². The maximum Gasteiger partial charge on any atom is 0.186 e. The van der Waals surface area contributed by atoms with Crippen molar-refractivity contribution in [3.05, 3.63) is 72.4 Å². The molecule has 0 saturated heterocycles. The normalized spacial score (nSPS) is 11.5. The molecule has 0 amide bonds. The summed E-state index contributed by atoms with van der Waals surface area (Å²) in [4.78, 5) is 0. The van der Waals surface area contributed by atoms with Gasteiger partial charge in [-0.15, -0.1) is 10.2 Å². The molecule has 0 aliphatic heterocycles. The second-order valence-electron chi connectivity index (χ2n) is 5.95. The number of rotatable bonds is 1. The number of hydrogen-bond donors (Lipinski definition) is 0. The van der Waals surface area contributed by atoms with E-state index in [-0.39, 0.29) is 0 Å². The fraction of sp³-hybridized carbons (Fsp3) is 0.0500. The van der Waals surface area contributed by atoms with Gasteiger partial charge < -0.3 is 0 Å². The van der Waals surface area contributed by atoms with E-state index in [1.54, 1.807) is 0 Å². The van der Waals surface area contributed by atoms with Gasteiger partial charge in [-0.05, 0) is 35.4 Å². The fourth-order valence-corrected chi connectivity index (χ4v) is 3.29. The summed E-state index contributed by atoms with van der Waals surface area (Å²) in [5, 5.41) is 16.0. The predicted molar refractivity (Wildman–Crippen MR) is 96.0 cm³/mol. The molecule has 0 N–H and O–H groups in total. The maximum absolute atomic E-state index is 4.74. The minimum absolute atomic E-state index is 0.793. The fourth-order valence-electron chi connectivity index (χ4n) is 3.29. The van der Waals surface area contributed by atoms with Gasteiger partial charge in [0.15, 0.2) is 5.65 Å². The molecule has 2 heterocycles. The average molecular weight is 310 g/mol. The molecule has 2 aromatic heterocycles. The van der Waals surface area contributed by atoms with Crippen molar-refractivity contribution in [3.63, 3.8) is 0 Å². The van der Waals surface area contributed by atoms with Crippen LogP contribution in [0.3, 0.4) is 0 Å². The minimum atomic E-state index is 0.793. The number of hydrogen-bond acceptors (Lipinski definition) is 3. The lowest BCUT2D eigenvalue weighted by Gasteiger charge is -2.04. The van der Waals surface area contributed by atoms with Crippen LogP contribution >= 0.6 is 0 Å². The third-order valence-corrected chi connectivity index (χ3v) is 4.42. The number of benzene rings is 3. The average Bonchev–Trinajstić information content (AvgIpc) is 2.97. The third kappa shape index (κ3) is 1.83. The molecule has 4 nitrogen and oxygen atoms in total. The van der Waals surface area contributed by atoms with Gasteiger partial charge in [-0.25, -0.2) is 4.52 Å². The highest BCUT2D eigenvalue weighted by molar-refractivity contribution is 5.96. The van der Waals surface area contributed by atoms with Crippen molar-refractivity contribution in [1.82, 2.24) is 19.8 Å². The Hall–Kier alpha value is -3.27. The molecular formula is C20H14N4. The van der Waals surface area contributed by atoms with Gasteiger partial charge in [0.2, 0.25) is 0 Å². The molecule has 0 radical (unpaired) electrons. The highest BCUT2D eigenvalue weighted by atomic mass is 15.3. The van der Waals surface area contributed by atoms with Crippen molar-refractivity contribution >= 4 is 27.5 Å². The highest BCUT2D eigenvalue weighted by Gasteiger charge is 2.15. The summed E-state index contributed by atoms with van der Waals surface area (Å²) in [5.74, 6) is 0. The quantitative estimate of drug-likeness (QED) is 0.431. The van der Waals surface area contributed by atoms with E-state index in [9.17, 15) is 0 Å². The first-order chi connectivity index (χ1) is 11.8. The summed E-state index contributed by atoms with van der Waals surface area (Å²) >= 11 is 0. The molecule has 0 fully saturated rings. The first kappa shape index (κ1) is 13.2. The Morgan fingerprint density at radius 1 is 0.792 bits per heavy atom. The SMILES string of the molecule is Cc1nn2c(nnc3cc4ccccc4cc32)c1-c1ccccc1. The predicted octanol–water partition coefficient (Wildman–Crippen LogP) is 4.41. The molecule has 0 bridgehead atoms. The summed E-state index contributed by atoms with van der Waals surface area (Å²) in [6, 6.07) is 22.7. The Morgan fingerprint density at radius 3 is 2.29 bits per heavy atom. The third-order valence-electron chi connectivity index (χ3n) is 4.42. The van der Waals surface area contributed by atoms with Gasteiger partial charge in [0, 0.05) is 0 Å². The van der Waals surface area contributed by atoms with Gasteiger partial charge >= 0.3 is 0 Å². The molecule has 5 aromatic rings. The number of aryl methyl sites for hydroxylation is 1. The van der Waals surface area contributed by atoms with Gasteiger partial charge in [0.05, 0.1) is 16.8 Å². The second kappa shape index (κ2) is 4.86. The smallest absolute Gasteiger partial charge is 0.186 e. The zero-order chi connectivity index (χ0) is 16.1. The first-order valence-corrected chi connectivity index (χ1v) is 7.91. The molecule has 0 aliphatic rings. The van der Waals surface area contributed by atoms with Crippen LogP contribution in [0.5, 0.6) is 0 Å². The van der Waals surface area contributed by atoms with Crippen LogP contribution in [0.4, 0.5) is 0 Å². The molecule has 0 atom stereocenters. The summed E-state index contributed by atoms with van der Waals surface area (Å²) in [5.41, 5.74) is 5.72. The summed E-state index contributed by atoms with van der Waals surface area (Å²) in [6.45, 7) is 2.02. The zero-order valence-electron chi connectivity index (χ0n) is 13.1. The van der Waals surface area contributed by atoms with E-state index in [4.69, 9.17) is 5.10 Å². The largest absolute Gasteiger partial charge is 0.210 e. The first-order valence-electron chi connectivity index (χ1n) is 7.91. The molecular weight excluding hydrogens is 296 g/mol. The Morgan fingerprint density at radius 2 is 1.50 bits per heavy atom. The van der Waals surface area contributed by atoms with Crippen LogP contribution in [0.25, 0.3) is 38.6 Å². The zero-order valence-corrected chi connectivity index (χ0v) is 13.1. The molecule has 0 unspecified atom stereocenters. The summed E-state index contributed by atoms with van der Waals surface area (Å²) in [7, 11) is 0. The summed E-state index contributed by atoms with van der Waals surface area (Å²) in [6.07, 6.45) is 0. The van der Waals surface area contributed by atoms with Crippen molar-refractivity contribution in [1.29, 1.82) is 0 Å². The minimum Gasteiger partial charge on any atom is -0.210 e. The Labute approximate surface area is 138 Å². The monoisotopic (exact) mass is 310 g/mol. The Balaban J connectivity index is 1.90. The molecule has 3 aromatic carbocycles. The highest BCUT2D eigenvalue weighted by Crippen LogP contribution is 2.29. The number of fused-ring (bicyclic) bond motifs is 4. The maximum atomic E-state index is 4.74. The van der Waals surface area contributed by atoms with E-state index in [1.807, 2.05) is 41.8 Å². The van der Waals surface area contributed by atoms with Crippen LogP contribution in [-0.4, -0.2) is 19.8 Å². The molecule has 24 heavy (non-hydrogen) atoms. The lowest BCUT2D eigenvalue weighted by Crippen LogP contribution is -1.96. The van der Waals surface area contributed by atoms with Crippen molar-refractivity contribution in [3.8, 4) is 11.1 Å². The van der Waals surface area contributed by atoms with Crippen LogP contribution in [0.15, 0.2) is 66.7 Å². The molecule has 0 saturated carbocycles. The Bertz CT molecular complexity index is 1210. The van der Waals surface area contributed by atoms with Crippen molar-refractivity contribution in [2.45, 2.75) is 6.92 Å². The van der Waals surface area contributed by atoms with Gasteiger partial charge in [0.25, 0.3) is 0 Å². The number of nitrogens with zero attached hydrogens (tertiary/aromatic N) is 4. The standard InChI is InChI=1S/C20H14N4/c1-13-19(14-7-3-2-4-8-14)20-22-21-17-11-15-9-5-6-10-16(15)12-18(17)24(20)23-13/h2-12H,1H3.